The molecule has 4 rings (SSSR count). The van der Waals surface area contributed by atoms with E-state index < -0.39 is 0 Å². The molecule has 3 aliphatic carbocycles. The first-order valence-electron chi connectivity index (χ1n) is 7.17. The molecule has 18 heavy (non-hydrogen) atoms. The SMILES string of the molecule is Cn1nnc(CC2(N)CC3CC2C2CCCC32)n1. The lowest BCUT2D eigenvalue weighted by Crippen LogP contribution is -2.51. The molecule has 5 heteroatoms. The highest BCUT2D eigenvalue weighted by molar-refractivity contribution is 5.14. The second-order valence-corrected chi connectivity index (χ2v) is 6.67. The van der Waals surface area contributed by atoms with E-state index in [1.54, 1.807) is 0 Å². The van der Waals surface area contributed by atoms with Crippen LogP contribution >= 0.6 is 0 Å². The van der Waals surface area contributed by atoms with E-state index in [0.717, 1.165) is 30.0 Å². The van der Waals surface area contributed by atoms with Gasteiger partial charge in [-0.1, -0.05) is 6.42 Å². The van der Waals surface area contributed by atoms with E-state index in [4.69, 9.17) is 5.73 Å². The molecular formula is C13H21N5. The summed E-state index contributed by atoms with van der Waals surface area (Å²) >= 11 is 0. The number of rotatable bonds is 2. The minimum Gasteiger partial charge on any atom is -0.324 e. The van der Waals surface area contributed by atoms with Crippen molar-refractivity contribution in [3.8, 4) is 0 Å². The van der Waals surface area contributed by atoms with Crippen LogP contribution in [-0.2, 0) is 13.5 Å². The number of nitrogens with zero attached hydrogens (tertiary/aromatic N) is 4. The van der Waals surface area contributed by atoms with Gasteiger partial charge in [-0.3, -0.25) is 0 Å². The van der Waals surface area contributed by atoms with Crippen LogP contribution in [0.25, 0.3) is 0 Å². The molecule has 0 radical (unpaired) electrons. The summed E-state index contributed by atoms with van der Waals surface area (Å²) in [4.78, 5) is 1.53. The minimum atomic E-state index is -0.0563. The van der Waals surface area contributed by atoms with Crippen molar-refractivity contribution in [2.24, 2.45) is 36.5 Å². The number of fused-ring (bicyclic) bond motifs is 5. The third kappa shape index (κ3) is 1.40. The van der Waals surface area contributed by atoms with Crippen molar-refractivity contribution < 1.29 is 0 Å². The van der Waals surface area contributed by atoms with E-state index in [2.05, 4.69) is 15.4 Å². The highest BCUT2D eigenvalue weighted by Crippen LogP contribution is 2.62. The summed E-state index contributed by atoms with van der Waals surface area (Å²) in [5.41, 5.74) is 6.67. The quantitative estimate of drug-likeness (QED) is 0.843. The Morgan fingerprint density at radius 3 is 3.00 bits per heavy atom. The standard InChI is InChI=1S/C13H21N5/c1-18-16-12(15-17-18)7-13(14)6-8-5-11(13)10-4-2-3-9(8)10/h8-11H,2-7,14H2,1H3. The smallest absolute Gasteiger partial charge is 0.176 e. The van der Waals surface area contributed by atoms with Crippen LogP contribution in [-0.4, -0.2) is 25.7 Å². The Morgan fingerprint density at radius 2 is 2.22 bits per heavy atom. The molecule has 3 saturated carbocycles. The molecule has 98 valence electrons. The monoisotopic (exact) mass is 247 g/mol. The molecule has 2 N–H and O–H groups in total. The molecule has 1 heterocycles. The van der Waals surface area contributed by atoms with Gasteiger partial charge >= 0.3 is 0 Å². The van der Waals surface area contributed by atoms with Crippen molar-refractivity contribution in [2.45, 2.75) is 44.1 Å². The third-order valence-electron chi connectivity index (χ3n) is 5.72. The lowest BCUT2D eigenvalue weighted by Gasteiger charge is -2.39. The number of aromatic nitrogens is 4. The highest BCUT2D eigenvalue weighted by atomic mass is 15.6. The first-order chi connectivity index (χ1) is 8.66. The van der Waals surface area contributed by atoms with Gasteiger partial charge in [0, 0.05) is 12.0 Å². The topological polar surface area (TPSA) is 69.6 Å². The van der Waals surface area contributed by atoms with Gasteiger partial charge in [0.2, 0.25) is 0 Å². The number of hydrogen-bond acceptors (Lipinski definition) is 4. The van der Waals surface area contributed by atoms with Gasteiger partial charge in [-0.05, 0) is 54.6 Å². The zero-order valence-corrected chi connectivity index (χ0v) is 10.9. The fraction of sp³-hybridized carbons (Fsp3) is 0.923. The van der Waals surface area contributed by atoms with Gasteiger partial charge in [-0.2, -0.15) is 4.80 Å². The van der Waals surface area contributed by atoms with Gasteiger partial charge in [0.05, 0.1) is 7.05 Å². The Morgan fingerprint density at radius 1 is 1.39 bits per heavy atom. The van der Waals surface area contributed by atoms with E-state index in [0.29, 0.717) is 5.92 Å². The fourth-order valence-electron chi connectivity index (χ4n) is 5.21. The first kappa shape index (κ1) is 10.9. The zero-order valence-electron chi connectivity index (χ0n) is 10.9. The van der Waals surface area contributed by atoms with Gasteiger partial charge < -0.3 is 5.73 Å². The van der Waals surface area contributed by atoms with Crippen LogP contribution in [0.3, 0.4) is 0 Å². The Kier molecular flexibility index (Phi) is 2.14. The molecule has 0 spiro atoms. The third-order valence-corrected chi connectivity index (χ3v) is 5.72. The van der Waals surface area contributed by atoms with E-state index in [-0.39, 0.29) is 5.54 Å². The summed E-state index contributed by atoms with van der Waals surface area (Å²) in [5.74, 6) is 4.29. The van der Waals surface area contributed by atoms with Crippen molar-refractivity contribution >= 4 is 0 Å². The van der Waals surface area contributed by atoms with Gasteiger partial charge in [0.1, 0.15) is 0 Å². The fourth-order valence-corrected chi connectivity index (χ4v) is 5.21. The average molecular weight is 247 g/mol. The van der Waals surface area contributed by atoms with Gasteiger partial charge in [-0.25, -0.2) is 0 Å². The number of nitrogens with two attached hydrogens (primary N) is 1. The van der Waals surface area contributed by atoms with E-state index in [1.165, 1.54) is 36.9 Å². The van der Waals surface area contributed by atoms with Crippen LogP contribution in [0.5, 0.6) is 0 Å². The van der Waals surface area contributed by atoms with Crippen LogP contribution in [0.2, 0.25) is 0 Å². The largest absolute Gasteiger partial charge is 0.324 e. The summed E-state index contributed by atoms with van der Waals surface area (Å²) in [6, 6.07) is 0. The summed E-state index contributed by atoms with van der Waals surface area (Å²) in [6.45, 7) is 0. The van der Waals surface area contributed by atoms with Crippen molar-refractivity contribution in [2.75, 3.05) is 0 Å². The van der Waals surface area contributed by atoms with E-state index in [1.807, 2.05) is 7.05 Å². The molecule has 3 fully saturated rings. The molecular weight excluding hydrogens is 226 g/mol. The summed E-state index contributed by atoms with van der Waals surface area (Å²) < 4.78 is 0. The predicted molar refractivity (Wildman–Crippen MR) is 66.5 cm³/mol. The molecule has 1 aromatic heterocycles. The van der Waals surface area contributed by atoms with Crippen LogP contribution in [0.1, 0.15) is 37.9 Å². The summed E-state index contributed by atoms with van der Waals surface area (Å²) in [7, 11) is 1.81. The Balaban J connectivity index is 1.58. The van der Waals surface area contributed by atoms with Crippen molar-refractivity contribution in [3.05, 3.63) is 5.82 Å². The Hall–Kier alpha value is -0.970. The van der Waals surface area contributed by atoms with Crippen LogP contribution < -0.4 is 5.73 Å². The van der Waals surface area contributed by atoms with Crippen molar-refractivity contribution in [3.63, 3.8) is 0 Å². The average Bonchev–Trinajstić information content (AvgIpc) is 2.99. The number of aryl methyl sites for hydroxylation is 1. The van der Waals surface area contributed by atoms with E-state index in [9.17, 15) is 0 Å². The summed E-state index contributed by atoms with van der Waals surface area (Å²) in [5, 5.41) is 12.3. The molecule has 5 nitrogen and oxygen atoms in total. The van der Waals surface area contributed by atoms with Crippen LogP contribution in [0.15, 0.2) is 0 Å². The molecule has 2 bridgehead atoms. The molecule has 5 unspecified atom stereocenters. The zero-order chi connectivity index (χ0) is 12.3. The van der Waals surface area contributed by atoms with Crippen molar-refractivity contribution in [1.82, 2.24) is 20.2 Å². The maximum atomic E-state index is 6.72. The number of tetrazole rings is 1. The highest BCUT2D eigenvalue weighted by Gasteiger charge is 2.59. The molecule has 3 aliphatic rings. The normalized spacial score (nSPS) is 45.7. The van der Waals surface area contributed by atoms with Gasteiger partial charge in [0.15, 0.2) is 5.82 Å². The Labute approximate surface area is 107 Å². The molecule has 0 saturated heterocycles. The van der Waals surface area contributed by atoms with Crippen LogP contribution in [0, 0.1) is 23.7 Å². The first-order valence-corrected chi connectivity index (χ1v) is 7.17. The number of hydrogen-bond donors (Lipinski definition) is 1. The summed E-state index contributed by atoms with van der Waals surface area (Å²) in [6.07, 6.45) is 7.61. The second-order valence-electron chi connectivity index (χ2n) is 6.67. The maximum Gasteiger partial charge on any atom is 0.176 e. The van der Waals surface area contributed by atoms with E-state index >= 15 is 0 Å². The maximum absolute atomic E-state index is 6.72. The van der Waals surface area contributed by atoms with Crippen LogP contribution in [0.4, 0.5) is 0 Å². The predicted octanol–water partition coefficient (Wildman–Crippen LogP) is 0.906. The molecule has 0 aliphatic heterocycles. The molecule has 1 aromatic rings. The minimum absolute atomic E-state index is 0.0563. The lowest BCUT2D eigenvalue weighted by molar-refractivity contribution is 0.154. The lowest BCUT2D eigenvalue weighted by atomic mass is 9.70. The van der Waals surface area contributed by atoms with Gasteiger partial charge in [0.25, 0.3) is 0 Å². The Bertz CT molecular complexity index is 470. The molecule has 0 aromatic carbocycles. The second kappa shape index (κ2) is 3.53. The van der Waals surface area contributed by atoms with Gasteiger partial charge in [-0.15, -0.1) is 10.2 Å². The molecule has 0 amide bonds. The van der Waals surface area contributed by atoms with Crippen molar-refractivity contribution in [1.29, 1.82) is 0 Å². The molecule has 5 atom stereocenters.